The van der Waals surface area contributed by atoms with Gasteiger partial charge in [-0.15, -0.1) is 47.3 Å². The molecule has 137 heavy (non-hydrogen) atoms. The molecule has 0 bridgehead atoms. The summed E-state index contributed by atoms with van der Waals surface area (Å²) in [6, 6.07) is 48.0. The van der Waals surface area contributed by atoms with Crippen LogP contribution in [0.2, 0.25) is 20.1 Å². The number of esters is 2. The van der Waals surface area contributed by atoms with Crippen LogP contribution in [0.25, 0.3) is 66.1 Å². The molecule has 0 aliphatic carbocycles. The van der Waals surface area contributed by atoms with Gasteiger partial charge in [0.25, 0.3) is 0 Å². The molecule has 0 radical (unpaired) electrons. The number of carboxylic acids is 1. The van der Waals surface area contributed by atoms with Crippen molar-refractivity contribution in [1.82, 2.24) is 39.5 Å². The Morgan fingerprint density at radius 1 is 0.533 bits per heavy atom. The third-order valence-corrected chi connectivity index (χ3v) is 24.5. The van der Waals surface area contributed by atoms with E-state index in [4.69, 9.17) is 71.7 Å². The number of phenols is 1. The van der Waals surface area contributed by atoms with Crippen molar-refractivity contribution < 1.29 is 242 Å². The topological polar surface area (TPSA) is 265 Å². The molecule has 0 atom stereocenters. The van der Waals surface area contributed by atoms with Crippen molar-refractivity contribution in [3.63, 3.8) is 0 Å². The summed E-state index contributed by atoms with van der Waals surface area (Å²) in [5.41, 5.74) is 8.57. The van der Waals surface area contributed by atoms with E-state index in [-0.39, 0.29) is 234 Å². The van der Waals surface area contributed by atoms with Gasteiger partial charge < -0.3 is 52.6 Å². The number of carbonyl (C=O) groups excluding carboxylic acids is 3. The van der Waals surface area contributed by atoms with Gasteiger partial charge in [0, 0.05) is 42.0 Å². The van der Waals surface area contributed by atoms with Gasteiger partial charge in [-0.3, -0.25) is 23.9 Å². The number of aromatic carboxylic acids is 1. The normalized spacial score (nSPS) is 12.0. The van der Waals surface area contributed by atoms with Gasteiger partial charge in [-0.1, -0.05) is 135 Å². The molecule has 11 aromatic carbocycles. The zero-order valence-electron chi connectivity index (χ0n) is 76.1. The molecule has 0 spiro atoms. The minimum Gasteiger partial charge on any atom is -0.507 e. The van der Waals surface area contributed by atoms with Crippen LogP contribution in [-0.2, 0) is 58.3 Å². The summed E-state index contributed by atoms with van der Waals surface area (Å²) in [4.78, 5) is 50.7. The molecule has 1 saturated heterocycles. The molecular weight excluding hydrogens is 2610 g/mol. The summed E-state index contributed by atoms with van der Waals surface area (Å²) >= 11 is 41.6. The van der Waals surface area contributed by atoms with Crippen molar-refractivity contribution in [3.8, 4) is 39.8 Å². The minimum atomic E-state index is -1.48. The average molecular weight is 2690 g/mol. The van der Waals surface area contributed by atoms with Crippen LogP contribution in [0.15, 0.2) is 182 Å². The maximum absolute atomic E-state index is 15.1. The first kappa shape index (κ1) is 117. The number of rotatable bonds is 17. The summed E-state index contributed by atoms with van der Waals surface area (Å²) in [7, 11) is 4.29. The van der Waals surface area contributed by atoms with Crippen molar-refractivity contribution >= 4 is 239 Å². The zero-order chi connectivity index (χ0) is 100. The van der Waals surface area contributed by atoms with Crippen molar-refractivity contribution in [2.75, 3.05) is 28.4 Å². The monoisotopic (exact) mass is 2680 g/mol. The molecule has 16 rings (SSSR count). The zero-order valence-corrected chi connectivity index (χ0v) is 101. The molecule has 1 aliphatic rings. The first-order valence-electron chi connectivity index (χ1n) is 40.0. The molecule has 3 N–H and O–H groups in total. The van der Waals surface area contributed by atoms with Gasteiger partial charge in [-0.2, -0.15) is 20.4 Å². The molecule has 1 aliphatic heterocycles. The fourth-order valence-electron chi connectivity index (χ4n) is 13.4. The first-order valence-corrected chi connectivity index (χ1v) is 47.0. The van der Waals surface area contributed by atoms with E-state index >= 15 is 4.39 Å². The number of nitrogens with one attached hydrogen (secondary N) is 1. The van der Waals surface area contributed by atoms with Crippen molar-refractivity contribution in [2.24, 2.45) is 0 Å². The van der Waals surface area contributed by atoms with Crippen LogP contribution in [0.3, 0.4) is 0 Å². The van der Waals surface area contributed by atoms with Crippen LogP contribution >= 0.6 is 155 Å². The number of carboxylic acid groups (broad SMARTS) is 1. The van der Waals surface area contributed by atoms with E-state index in [1.807, 2.05) is 132 Å². The predicted octanol–water partition coefficient (Wildman–Crippen LogP) is 20.1. The van der Waals surface area contributed by atoms with Crippen LogP contribution in [0, 0.1) is 82.7 Å². The number of methoxy groups -OCH3 is 4. The summed E-state index contributed by atoms with van der Waals surface area (Å²) < 4.78 is 155. The largest absolute Gasteiger partial charge is 1.00 e. The van der Waals surface area contributed by atoms with E-state index in [9.17, 15) is 55.0 Å². The van der Waals surface area contributed by atoms with E-state index in [0.717, 1.165) is 71.1 Å². The molecule has 1 fully saturated rings. The van der Waals surface area contributed by atoms with Crippen LogP contribution in [0.5, 0.6) is 17.2 Å². The number of halogens is 18. The molecule has 44 heteroatoms. The third kappa shape index (κ3) is 30.2. The second kappa shape index (κ2) is 55.1. The quantitative estimate of drug-likeness (QED) is 0.00880. The molecule has 708 valence electrons. The molecule has 15 aromatic rings. The standard InChI is InChI=1S/C24H19ClF2N2O3.C22H15ClF2N2O3.C15H20BFO5.C15H11ClFIN2.C8H8BrCl.C7H4FIN2.C2H2FO3.BBr3.2Cs/c1-13-6-4-7-17(25)16(13)12-29-20-9-5-8-18(26)22(20)23(28-29)14-11-21(31-2)15(10-19(14)27)24(30)32-3;1-11-4-2-5-15(23)14(11)10-27-18-7-3-6-16(24)20(18)21(26-27)12-9-19(28)13(22(29)30)8-17(12)25;1-14(2)15(3,4)22-16(21-14)10-8-12(19-5)9(7-11(10)17)13(18)20-6;1-9-4-2-5-11(16)10(9)8-20-13-7-3-6-12(17)14(13)15(18)19-20;1-6-3-2-4-8(10)7(6)5-9;8-4-2-1-3-5-6(4)7(9)11-10-5;3-1-5-6-2-4;2-1(3)4;;/h4-11H,12H2,1-3H3;2-9,28H,10H2,1H3,(H,29,30);7-8H,1-6H3;2-7H,8H2,1H3;2-4H,5H2,1H3;1-3H,(H,10,11);1-2H;;;/q;;;;;;-1;;2*+1/i;;;;;;2D;;;. The van der Waals surface area contributed by atoms with Gasteiger partial charge in [-0.05, 0) is 261 Å². The number of carbonyl (C=O) groups is 4. The Morgan fingerprint density at radius 2 is 0.891 bits per heavy atom. The number of ether oxygens (including phenoxy) is 4. The number of aromatic nitrogens is 8. The fourth-order valence-corrected chi connectivity index (χ4v) is 16.9. The molecule has 4 aromatic heterocycles. The number of hydrogen-bond donors (Lipinski definition) is 3. The van der Waals surface area contributed by atoms with Crippen molar-refractivity contribution in [2.45, 2.75) is 91.6 Å². The number of hydrogen-bond acceptors (Lipinski definition) is 17. The number of aromatic amines is 1. The maximum Gasteiger partial charge on any atom is 1.00 e. The SMILES string of the molecule is BrB(Br)Br.COC(=O)c1cc(F)c(-c2nn(Cc3c(C)cccc3Cl)c3cccc(F)c23)cc1OC.COC(=O)c1cc(F)c(B2OC(C)(C)C(C)(C)O2)cc1OC.Cc1cccc(Cl)c1CBr.Cc1cccc(Cl)c1Cn1nc(-c2cc(O)c(C(=O)O)cc2F)c2c(F)cccc21.Cc1cccc(Cl)c1Cn1nc(I)c2c(F)cccc21.Fc1cccc2n[nH]c(I)c12.[2H]C(=O)OO[CH-]F.[Cs+].[Cs+]. The molecule has 5 heterocycles. The number of H-pyrrole nitrogens is 1. The summed E-state index contributed by atoms with van der Waals surface area (Å²) in [5.74, 6) is -7.17. The second-order valence-corrected chi connectivity index (χ2v) is 40.5. The first-order chi connectivity index (χ1) is 64.4. The molecule has 0 amide bonds. The number of aryl methyl sites for hydroxylation is 4. The van der Waals surface area contributed by atoms with Gasteiger partial charge in [0.2, 0.25) is 0 Å². The average Bonchev–Trinajstić information content (AvgIpc) is 1.61. The Labute approximate surface area is 982 Å². The summed E-state index contributed by atoms with van der Waals surface area (Å²) in [6.45, 7) is 16.1. The fraction of sp³-hybridized carbons (Fsp3) is 0.194. The van der Waals surface area contributed by atoms with Crippen LogP contribution in [0.4, 0.5) is 35.1 Å². The second-order valence-electron chi connectivity index (χ2n) is 29.7. The number of fused-ring (bicyclic) bond motifs is 4. The maximum atomic E-state index is 15.1. The smallest absolute Gasteiger partial charge is 0.507 e. The Kier molecular flexibility index (Phi) is 47.0. The van der Waals surface area contributed by atoms with E-state index in [1.54, 1.807) is 57.9 Å². The molecule has 0 unspecified atom stereocenters. The van der Waals surface area contributed by atoms with Crippen LogP contribution in [-0.4, -0.2) is 124 Å². The Hall–Kier alpha value is -5.33. The van der Waals surface area contributed by atoms with Crippen molar-refractivity contribution in [3.05, 3.63) is 318 Å². The molecular formula is C93H79B2Br4Cl4Cs2F8I2N8O14+. The Morgan fingerprint density at radius 3 is 1.26 bits per heavy atom. The summed E-state index contributed by atoms with van der Waals surface area (Å²) in [6.07, 6.45) is -1.44. The van der Waals surface area contributed by atoms with Gasteiger partial charge >= 0.3 is 172 Å². The van der Waals surface area contributed by atoms with E-state index in [1.165, 1.54) is 86.7 Å². The number of nitrogens with zero attached hydrogens (tertiary/aromatic N) is 7. The number of aromatic hydroxyl groups is 1. The number of alkyl halides is 1. The minimum absolute atomic E-state index is 0. The molecule has 22 nitrogen and oxygen atoms in total. The Bertz CT molecular complexity index is 6820. The van der Waals surface area contributed by atoms with Gasteiger partial charge in [-0.25, -0.2) is 45.1 Å². The number of benzene rings is 11. The van der Waals surface area contributed by atoms with Gasteiger partial charge in [0.15, 0.2) is 1.37 Å². The predicted molar refractivity (Wildman–Crippen MR) is 539 cm³/mol. The van der Waals surface area contributed by atoms with Crippen LogP contribution < -0.4 is 153 Å². The van der Waals surface area contributed by atoms with E-state index in [0.29, 0.717) is 58.7 Å². The van der Waals surface area contributed by atoms with E-state index < -0.39 is 83.1 Å². The summed E-state index contributed by atoms with van der Waals surface area (Å²) in [5, 5.41) is 43.9. The van der Waals surface area contributed by atoms with E-state index in [2.05, 4.69) is 144 Å². The van der Waals surface area contributed by atoms with Gasteiger partial charge in [0.05, 0.1) is 103 Å². The van der Waals surface area contributed by atoms with Crippen LogP contribution in [0.1, 0.15) is 105 Å². The van der Waals surface area contributed by atoms with Crippen molar-refractivity contribution in [1.29, 1.82) is 0 Å². The van der Waals surface area contributed by atoms with Gasteiger partial charge in [0.1, 0.15) is 93.4 Å². The third-order valence-electron chi connectivity index (χ3n) is 21.0. The molecule has 0 saturated carbocycles. The Balaban J connectivity index is 0.000000227.